The highest BCUT2D eigenvalue weighted by atomic mass is 16.5. The van der Waals surface area contributed by atoms with Crippen LogP contribution in [0.25, 0.3) is 0 Å². The number of methoxy groups -OCH3 is 2. The van der Waals surface area contributed by atoms with Gasteiger partial charge in [0.05, 0.1) is 20.3 Å². The lowest BCUT2D eigenvalue weighted by Gasteiger charge is -2.20. The van der Waals surface area contributed by atoms with E-state index >= 15 is 0 Å². The number of rotatable bonds is 8. The minimum Gasteiger partial charge on any atom is -0.493 e. The Balaban J connectivity index is 1.99. The SMILES string of the molecule is CC[C@H](NC(=O)CCc1ccc(OC)c(OC)c1)c1ccc(C)cc1C. The summed E-state index contributed by atoms with van der Waals surface area (Å²) in [6, 6.07) is 12.2. The second-order valence-corrected chi connectivity index (χ2v) is 6.58. The van der Waals surface area contributed by atoms with Crippen LogP contribution in [0, 0.1) is 13.8 Å². The first kappa shape index (κ1) is 19.8. The molecule has 140 valence electrons. The van der Waals surface area contributed by atoms with Crippen LogP contribution in [0.15, 0.2) is 36.4 Å². The number of nitrogens with one attached hydrogen (secondary N) is 1. The number of hydrogen-bond acceptors (Lipinski definition) is 3. The van der Waals surface area contributed by atoms with Gasteiger partial charge in [0.2, 0.25) is 5.91 Å². The molecular formula is C22H29NO3. The van der Waals surface area contributed by atoms with Crippen LogP contribution in [-0.4, -0.2) is 20.1 Å². The van der Waals surface area contributed by atoms with Crippen LogP contribution in [0.4, 0.5) is 0 Å². The lowest BCUT2D eigenvalue weighted by atomic mass is 9.97. The minimum absolute atomic E-state index is 0.0495. The largest absolute Gasteiger partial charge is 0.493 e. The number of ether oxygens (including phenoxy) is 2. The van der Waals surface area contributed by atoms with Crippen LogP contribution in [0.3, 0.4) is 0 Å². The summed E-state index contributed by atoms with van der Waals surface area (Å²) in [5.74, 6) is 1.44. The zero-order valence-electron chi connectivity index (χ0n) is 16.4. The molecule has 0 aliphatic rings. The number of amides is 1. The summed E-state index contributed by atoms with van der Waals surface area (Å²) in [7, 11) is 3.23. The fraction of sp³-hybridized carbons (Fsp3) is 0.409. The Labute approximate surface area is 156 Å². The molecule has 0 spiro atoms. The molecule has 2 rings (SSSR count). The van der Waals surface area contributed by atoms with Gasteiger partial charge in [-0.05, 0) is 55.5 Å². The van der Waals surface area contributed by atoms with Crippen molar-refractivity contribution in [1.29, 1.82) is 0 Å². The molecule has 0 aromatic heterocycles. The molecule has 2 aromatic carbocycles. The van der Waals surface area contributed by atoms with E-state index in [9.17, 15) is 4.79 Å². The third-order valence-electron chi connectivity index (χ3n) is 4.63. The van der Waals surface area contributed by atoms with Crippen molar-refractivity contribution >= 4 is 5.91 Å². The molecule has 1 amide bonds. The predicted molar refractivity (Wildman–Crippen MR) is 105 cm³/mol. The van der Waals surface area contributed by atoms with Crippen LogP contribution in [-0.2, 0) is 11.2 Å². The third kappa shape index (κ3) is 5.01. The van der Waals surface area contributed by atoms with Crippen LogP contribution < -0.4 is 14.8 Å². The maximum Gasteiger partial charge on any atom is 0.220 e. The zero-order valence-corrected chi connectivity index (χ0v) is 16.4. The van der Waals surface area contributed by atoms with E-state index in [4.69, 9.17) is 9.47 Å². The normalized spacial score (nSPS) is 11.7. The lowest BCUT2D eigenvalue weighted by molar-refractivity contribution is -0.121. The summed E-state index contributed by atoms with van der Waals surface area (Å²) in [5, 5.41) is 3.17. The minimum atomic E-state index is 0.0495. The monoisotopic (exact) mass is 355 g/mol. The van der Waals surface area contributed by atoms with Gasteiger partial charge in [-0.3, -0.25) is 4.79 Å². The van der Waals surface area contributed by atoms with Gasteiger partial charge in [0, 0.05) is 6.42 Å². The highest BCUT2D eigenvalue weighted by molar-refractivity contribution is 5.76. The predicted octanol–water partition coefficient (Wildman–Crippen LogP) is 4.52. The molecule has 0 radical (unpaired) electrons. The molecule has 26 heavy (non-hydrogen) atoms. The summed E-state index contributed by atoms with van der Waals surface area (Å²) in [4.78, 5) is 12.4. The second kappa shape index (κ2) is 9.27. The summed E-state index contributed by atoms with van der Waals surface area (Å²) < 4.78 is 10.6. The fourth-order valence-corrected chi connectivity index (χ4v) is 3.18. The molecule has 0 aliphatic carbocycles. The smallest absolute Gasteiger partial charge is 0.220 e. The molecule has 0 saturated heterocycles. The number of carbonyl (C=O) groups excluding carboxylic acids is 1. The molecule has 1 N–H and O–H groups in total. The van der Waals surface area contributed by atoms with E-state index < -0.39 is 0 Å². The van der Waals surface area contributed by atoms with Crippen LogP contribution >= 0.6 is 0 Å². The van der Waals surface area contributed by atoms with E-state index in [2.05, 4.69) is 44.3 Å². The van der Waals surface area contributed by atoms with E-state index in [1.165, 1.54) is 16.7 Å². The zero-order chi connectivity index (χ0) is 19.1. The van der Waals surface area contributed by atoms with Crippen LogP contribution in [0.1, 0.15) is 48.1 Å². The molecule has 0 unspecified atom stereocenters. The second-order valence-electron chi connectivity index (χ2n) is 6.58. The Morgan fingerprint density at radius 3 is 2.38 bits per heavy atom. The van der Waals surface area contributed by atoms with Gasteiger partial charge in [-0.25, -0.2) is 0 Å². The van der Waals surface area contributed by atoms with Crippen molar-refractivity contribution in [3.05, 3.63) is 58.7 Å². The molecule has 0 saturated carbocycles. The number of carbonyl (C=O) groups is 1. The van der Waals surface area contributed by atoms with Gasteiger partial charge < -0.3 is 14.8 Å². The highest BCUT2D eigenvalue weighted by Gasteiger charge is 2.15. The van der Waals surface area contributed by atoms with Crippen molar-refractivity contribution in [2.45, 2.75) is 46.1 Å². The number of benzene rings is 2. The van der Waals surface area contributed by atoms with E-state index in [1.54, 1.807) is 14.2 Å². The first-order valence-electron chi connectivity index (χ1n) is 9.05. The van der Waals surface area contributed by atoms with Gasteiger partial charge in [-0.2, -0.15) is 0 Å². The van der Waals surface area contributed by atoms with E-state index in [1.807, 2.05) is 18.2 Å². The summed E-state index contributed by atoms with van der Waals surface area (Å²) in [6.07, 6.45) is 1.97. The summed E-state index contributed by atoms with van der Waals surface area (Å²) in [5.41, 5.74) is 4.70. The first-order valence-corrected chi connectivity index (χ1v) is 9.05. The van der Waals surface area contributed by atoms with Crippen molar-refractivity contribution in [3.8, 4) is 11.5 Å². The Hall–Kier alpha value is -2.49. The maximum atomic E-state index is 12.4. The quantitative estimate of drug-likeness (QED) is 0.757. The molecule has 0 bridgehead atoms. The van der Waals surface area contributed by atoms with Gasteiger partial charge in [0.1, 0.15) is 0 Å². The van der Waals surface area contributed by atoms with E-state index in [-0.39, 0.29) is 11.9 Å². The molecule has 1 atom stereocenters. The van der Waals surface area contributed by atoms with Gasteiger partial charge in [-0.15, -0.1) is 0 Å². The average Bonchev–Trinajstić information content (AvgIpc) is 2.64. The molecule has 0 aliphatic heterocycles. The standard InChI is InChI=1S/C22H29NO3/c1-6-19(18-10-7-15(2)13-16(18)3)23-22(24)12-9-17-8-11-20(25-4)21(14-17)26-5/h7-8,10-11,13-14,19H,6,9,12H2,1-5H3,(H,23,24)/t19-/m0/s1. The van der Waals surface area contributed by atoms with Gasteiger partial charge in [0.15, 0.2) is 11.5 Å². The van der Waals surface area contributed by atoms with Crippen LogP contribution in [0.2, 0.25) is 0 Å². The van der Waals surface area contributed by atoms with Crippen molar-refractivity contribution in [2.24, 2.45) is 0 Å². The lowest BCUT2D eigenvalue weighted by Crippen LogP contribution is -2.28. The Bertz CT molecular complexity index is 755. The molecule has 2 aromatic rings. The Morgan fingerprint density at radius 2 is 1.77 bits per heavy atom. The fourth-order valence-electron chi connectivity index (χ4n) is 3.18. The maximum absolute atomic E-state index is 12.4. The van der Waals surface area contributed by atoms with Crippen LogP contribution in [0.5, 0.6) is 11.5 Å². The number of hydrogen-bond donors (Lipinski definition) is 1. The van der Waals surface area contributed by atoms with Crippen molar-refractivity contribution in [3.63, 3.8) is 0 Å². The molecule has 4 heteroatoms. The Morgan fingerprint density at radius 1 is 1.04 bits per heavy atom. The Kier molecular flexibility index (Phi) is 7.07. The first-order chi connectivity index (χ1) is 12.5. The molecule has 4 nitrogen and oxygen atoms in total. The van der Waals surface area contributed by atoms with Crippen molar-refractivity contribution < 1.29 is 14.3 Å². The van der Waals surface area contributed by atoms with E-state index in [0.717, 1.165) is 12.0 Å². The highest BCUT2D eigenvalue weighted by Crippen LogP contribution is 2.28. The average molecular weight is 355 g/mol. The molecule has 0 fully saturated rings. The number of aryl methyl sites for hydroxylation is 3. The molecular weight excluding hydrogens is 326 g/mol. The van der Waals surface area contributed by atoms with Gasteiger partial charge in [-0.1, -0.05) is 36.8 Å². The summed E-state index contributed by atoms with van der Waals surface area (Å²) in [6.45, 7) is 6.28. The van der Waals surface area contributed by atoms with E-state index in [0.29, 0.717) is 24.3 Å². The van der Waals surface area contributed by atoms with Gasteiger partial charge >= 0.3 is 0 Å². The topological polar surface area (TPSA) is 47.6 Å². The van der Waals surface area contributed by atoms with Gasteiger partial charge in [0.25, 0.3) is 0 Å². The van der Waals surface area contributed by atoms with Crippen molar-refractivity contribution in [2.75, 3.05) is 14.2 Å². The third-order valence-corrected chi connectivity index (χ3v) is 4.63. The summed E-state index contributed by atoms with van der Waals surface area (Å²) >= 11 is 0. The van der Waals surface area contributed by atoms with Crippen molar-refractivity contribution in [1.82, 2.24) is 5.32 Å². The molecule has 0 heterocycles.